The van der Waals surface area contributed by atoms with E-state index in [-0.39, 0.29) is 24.6 Å². The molecule has 1 fully saturated rings. The summed E-state index contributed by atoms with van der Waals surface area (Å²) in [7, 11) is 0. The van der Waals surface area contributed by atoms with E-state index in [9.17, 15) is 9.59 Å². The summed E-state index contributed by atoms with van der Waals surface area (Å²) in [6, 6.07) is 3.94. The number of piperazine rings is 1. The summed E-state index contributed by atoms with van der Waals surface area (Å²) in [5, 5.41) is 13.5. The van der Waals surface area contributed by atoms with Crippen molar-refractivity contribution < 1.29 is 9.90 Å². The maximum absolute atomic E-state index is 13.0. The van der Waals surface area contributed by atoms with Crippen LogP contribution in [0.2, 0.25) is 0 Å². The Hall–Kier alpha value is -2.07. The molecule has 1 amide bonds. The van der Waals surface area contributed by atoms with Crippen molar-refractivity contribution in [1.29, 1.82) is 0 Å². The van der Waals surface area contributed by atoms with Gasteiger partial charge in [-0.05, 0) is 11.4 Å². The molecular formula is C18H20N4O3S2. The number of β-amino-alcohol motifs (C(OH)–C–C–N with tert-alkyl or cyclic N) is 1. The van der Waals surface area contributed by atoms with E-state index >= 15 is 0 Å². The van der Waals surface area contributed by atoms with Gasteiger partial charge in [0.15, 0.2) is 0 Å². The lowest BCUT2D eigenvalue weighted by Gasteiger charge is -2.34. The van der Waals surface area contributed by atoms with Crippen LogP contribution in [0.1, 0.15) is 0 Å². The predicted molar refractivity (Wildman–Crippen MR) is 107 cm³/mol. The average molecular weight is 405 g/mol. The van der Waals surface area contributed by atoms with Gasteiger partial charge in [-0.1, -0.05) is 6.07 Å². The first-order valence-corrected chi connectivity index (χ1v) is 10.5. The lowest BCUT2D eigenvalue weighted by Crippen LogP contribution is -2.50. The molecule has 7 nitrogen and oxygen atoms in total. The molecule has 1 N–H and O–H groups in total. The maximum atomic E-state index is 13.0. The van der Waals surface area contributed by atoms with Crippen LogP contribution in [-0.4, -0.2) is 69.7 Å². The van der Waals surface area contributed by atoms with Crippen molar-refractivity contribution in [1.82, 2.24) is 19.4 Å². The van der Waals surface area contributed by atoms with E-state index in [4.69, 9.17) is 5.11 Å². The normalized spacial score (nSPS) is 15.5. The summed E-state index contributed by atoms with van der Waals surface area (Å²) in [6.45, 7) is 3.47. The van der Waals surface area contributed by atoms with Crippen LogP contribution in [0.5, 0.6) is 0 Å². The number of nitrogens with zero attached hydrogens (tertiary/aromatic N) is 4. The summed E-state index contributed by atoms with van der Waals surface area (Å²) in [4.78, 5) is 35.7. The lowest BCUT2D eigenvalue weighted by atomic mass is 10.2. The summed E-state index contributed by atoms with van der Waals surface area (Å²) in [6.07, 6.45) is 1.47. The molecule has 1 saturated heterocycles. The van der Waals surface area contributed by atoms with Gasteiger partial charge in [-0.3, -0.25) is 19.1 Å². The molecule has 0 unspecified atom stereocenters. The molecule has 0 spiro atoms. The van der Waals surface area contributed by atoms with Crippen molar-refractivity contribution in [3.63, 3.8) is 0 Å². The molecule has 0 aromatic carbocycles. The quantitative estimate of drug-likeness (QED) is 0.694. The van der Waals surface area contributed by atoms with Crippen molar-refractivity contribution in [2.24, 2.45) is 0 Å². The SMILES string of the molecule is O=C(Cn1cnc2scc(-c3cccs3)c2c1=O)N1CCN(CCO)CC1. The zero-order valence-corrected chi connectivity index (χ0v) is 16.3. The van der Waals surface area contributed by atoms with Crippen molar-refractivity contribution in [2.75, 3.05) is 39.3 Å². The van der Waals surface area contributed by atoms with Gasteiger partial charge in [0.05, 0.1) is 18.3 Å². The number of thiophene rings is 2. The Balaban J connectivity index is 1.54. The van der Waals surface area contributed by atoms with E-state index in [2.05, 4.69) is 9.88 Å². The first kappa shape index (κ1) is 18.3. The minimum atomic E-state index is -0.170. The van der Waals surface area contributed by atoms with E-state index in [1.807, 2.05) is 22.9 Å². The van der Waals surface area contributed by atoms with Crippen molar-refractivity contribution in [3.05, 3.63) is 39.6 Å². The third kappa shape index (κ3) is 3.68. The van der Waals surface area contributed by atoms with Crippen LogP contribution >= 0.6 is 22.7 Å². The minimum Gasteiger partial charge on any atom is -0.395 e. The number of rotatable bonds is 5. The number of aliphatic hydroxyl groups is 1. The molecule has 0 radical (unpaired) electrons. The third-order valence-electron chi connectivity index (χ3n) is 4.79. The maximum Gasteiger partial charge on any atom is 0.263 e. The fourth-order valence-electron chi connectivity index (χ4n) is 3.30. The van der Waals surface area contributed by atoms with Gasteiger partial charge in [-0.25, -0.2) is 4.98 Å². The summed E-state index contributed by atoms with van der Waals surface area (Å²) in [5.41, 5.74) is 0.721. The second kappa shape index (κ2) is 7.89. The summed E-state index contributed by atoms with van der Waals surface area (Å²) >= 11 is 3.03. The zero-order chi connectivity index (χ0) is 18.8. The minimum absolute atomic E-state index is 0.00149. The van der Waals surface area contributed by atoms with Crippen LogP contribution in [0.15, 0.2) is 34.0 Å². The van der Waals surface area contributed by atoms with E-state index in [1.165, 1.54) is 22.2 Å². The van der Waals surface area contributed by atoms with Gasteiger partial charge in [-0.2, -0.15) is 0 Å². The first-order chi connectivity index (χ1) is 13.2. The Morgan fingerprint density at radius 3 is 2.74 bits per heavy atom. The van der Waals surface area contributed by atoms with Gasteiger partial charge < -0.3 is 10.0 Å². The Bertz CT molecular complexity index is 988. The molecule has 1 aliphatic heterocycles. The van der Waals surface area contributed by atoms with Crippen LogP contribution in [0.25, 0.3) is 20.7 Å². The van der Waals surface area contributed by atoms with Gasteiger partial charge in [0.25, 0.3) is 5.56 Å². The molecule has 27 heavy (non-hydrogen) atoms. The molecule has 4 heterocycles. The molecule has 0 aliphatic carbocycles. The Morgan fingerprint density at radius 2 is 2.04 bits per heavy atom. The molecule has 0 atom stereocenters. The molecule has 0 bridgehead atoms. The van der Waals surface area contributed by atoms with E-state index in [0.29, 0.717) is 29.9 Å². The highest BCUT2D eigenvalue weighted by Gasteiger charge is 2.22. The highest BCUT2D eigenvalue weighted by atomic mass is 32.1. The number of carbonyl (C=O) groups excluding carboxylic acids is 1. The van der Waals surface area contributed by atoms with Crippen LogP contribution in [0.4, 0.5) is 0 Å². The molecule has 9 heteroatoms. The van der Waals surface area contributed by atoms with Gasteiger partial charge >= 0.3 is 0 Å². The van der Waals surface area contributed by atoms with Crippen LogP contribution in [-0.2, 0) is 11.3 Å². The monoisotopic (exact) mass is 404 g/mol. The zero-order valence-electron chi connectivity index (χ0n) is 14.7. The Morgan fingerprint density at radius 1 is 1.22 bits per heavy atom. The van der Waals surface area contributed by atoms with Crippen LogP contribution in [0, 0.1) is 0 Å². The molecule has 0 saturated carbocycles. The highest BCUT2D eigenvalue weighted by Crippen LogP contribution is 2.33. The first-order valence-electron chi connectivity index (χ1n) is 8.79. The number of hydrogen-bond acceptors (Lipinski definition) is 7. The number of amides is 1. The topological polar surface area (TPSA) is 78.7 Å². The number of carbonyl (C=O) groups is 1. The van der Waals surface area contributed by atoms with Gasteiger partial charge in [-0.15, -0.1) is 22.7 Å². The van der Waals surface area contributed by atoms with Crippen molar-refractivity contribution in [2.45, 2.75) is 6.54 Å². The molecule has 142 valence electrons. The molecule has 1 aliphatic rings. The number of aliphatic hydroxyl groups excluding tert-OH is 1. The Labute approximate surface area is 164 Å². The smallest absolute Gasteiger partial charge is 0.263 e. The van der Waals surface area contributed by atoms with Gasteiger partial charge in [0.1, 0.15) is 11.4 Å². The van der Waals surface area contributed by atoms with E-state index < -0.39 is 0 Å². The van der Waals surface area contributed by atoms with Crippen LogP contribution < -0.4 is 5.56 Å². The van der Waals surface area contributed by atoms with E-state index in [1.54, 1.807) is 16.2 Å². The molecule has 3 aromatic heterocycles. The average Bonchev–Trinajstić information content (AvgIpc) is 3.34. The Kier molecular flexibility index (Phi) is 5.35. The molecular weight excluding hydrogens is 384 g/mol. The van der Waals surface area contributed by atoms with Crippen LogP contribution in [0.3, 0.4) is 0 Å². The fraction of sp³-hybridized carbons (Fsp3) is 0.389. The van der Waals surface area contributed by atoms with Crippen molar-refractivity contribution in [3.8, 4) is 10.4 Å². The second-order valence-electron chi connectivity index (χ2n) is 6.43. The largest absolute Gasteiger partial charge is 0.395 e. The van der Waals surface area contributed by atoms with E-state index in [0.717, 1.165) is 23.5 Å². The molecule has 4 rings (SSSR count). The summed E-state index contributed by atoms with van der Waals surface area (Å²) < 4.78 is 1.41. The van der Waals surface area contributed by atoms with Crippen molar-refractivity contribution >= 4 is 38.8 Å². The number of fused-ring (bicyclic) bond motifs is 1. The van der Waals surface area contributed by atoms with Gasteiger partial charge in [0.2, 0.25) is 5.91 Å². The standard InChI is InChI=1S/C18H20N4O3S2/c23-8-7-20-3-5-21(6-4-20)15(24)10-22-12-19-17-16(18(22)25)13(11-27-17)14-2-1-9-26-14/h1-2,9,11-12,23H,3-8,10H2. The predicted octanol–water partition coefficient (Wildman–Crippen LogP) is 1.32. The molecule has 3 aromatic rings. The second-order valence-corrected chi connectivity index (χ2v) is 8.24. The third-order valence-corrected chi connectivity index (χ3v) is 6.58. The number of aromatic nitrogens is 2. The highest BCUT2D eigenvalue weighted by molar-refractivity contribution is 7.18. The van der Waals surface area contributed by atoms with Gasteiger partial charge in [0, 0.05) is 48.5 Å². The summed E-state index contributed by atoms with van der Waals surface area (Å²) in [5.74, 6) is -0.0743. The lowest BCUT2D eigenvalue weighted by molar-refractivity contribution is -0.133. The fourth-order valence-corrected chi connectivity index (χ4v) is 5.02. The number of hydrogen-bond donors (Lipinski definition) is 1.